The summed E-state index contributed by atoms with van der Waals surface area (Å²) in [6.07, 6.45) is 3.51. The van der Waals surface area contributed by atoms with E-state index in [2.05, 4.69) is 5.32 Å². The normalized spacial score (nSPS) is 26.0. The van der Waals surface area contributed by atoms with Gasteiger partial charge >= 0.3 is 6.09 Å². The lowest BCUT2D eigenvalue weighted by atomic mass is 9.85. The molecule has 2 atom stereocenters. The number of carbonyl (C=O) groups excluding carboxylic acids is 1. The Balaban J connectivity index is 2.30. The van der Waals surface area contributed by atoms with E-state index in [1.54, 1.807) is 0 Å². The lowest BCUT2D eigenvalue weighted by Gasteiger charge is -2.30. The third kappa shape index (κ3) is 4.05. The van der Waals surface area contributed by atoms with Gasteiger partial charge in [0.25, 0.3) is 0 Å². The molecule has 0 aromatic heterocycles. The highest BCUT2D eigenvalue weighted by Crippen LogP contribution is 2.23. The van der Waals surface area contributed by atoms with Crippen LogP contribution in [-0.2, 0) is 4.74 Å². The van der Waals surface area contributed by atoms with Gasteiger partial charge in [0.2, 0.25) is 0 Å². The highest BCUT2D eigenvalue weighted by atomic mass is 16.6. The van der Waals surface area contributed by atoms with Gasteiger partial charge in [0.05, 0.1) is 6.61 Å². The minimum atomic E-state index is -0.505. The Labute approximate surface area is 89.4 Å². The Bertz CT molecular complexity index is 198. The molecule has 1 fully saturated rings. The summed E-state index contributed by atoms with van der Waals surface area (Å²) in [6.45, 7) is -0.0468. The van der Waals surface area contributed by atoms with Crippen molar-refractivity contribution < 1.29 is 19.7 Å². The van der Waals surface area contributed by atoms with Crippen molar-refractivity contribution in [1.29, 1.82) is 0 Å². The van der Waals surface area contributed by atoms with Crippen LogP contribution in [0.4, 0.5) is 4.79 Å². The first kappa shape index (κ1) is 12.3. The van der Waals surface area contributed by atoms with Crippen LogP contribution >= 0.6 is 0 Å². The van der Waals surface area contributed by atoms with Crippen molar-refractivity contribution in [2.45, 2.75) is 31.7 Å². The number of hydrogen-bond acceptors (Lipinski definition) is 4. The van der Waals surface area contributed by atoms with Gasteiger partial charge in [0, 0.05) is 18.6 Å². The van der Waals surface area contributed by atoms with Gasteiger partial charge in [-0.15, -0.1) is 0 Å². The molecule has 5 heteroatoms. The summed E-state index contributed by atoms with van der Waals surface area (Å²) in [6, 6.07) is 0.00921. The van der Waals surface area contributed by atoms with Crippen LogP contribution in [0.1, 0.15) is 25.7 Å². The lowest BCUT2D eigenvalue weighted by Crippen LogP contribution is -2.43. The zero-order valence-electron chi connectivity index (χ0n) is 8.82. The quantitative estimate of drug-likeness (QED) is 0.631. The van der Waals surface area contributed by atoms with Gasteiger partial charge in [0.1, 0.15) is 6.61 Å². The molecule has 15 heavy (non-hydrogen) atoms. The van der Waals surface area contributed by atoms with E-state index in [1.807, 2.05) is 0 Å². The van der Waals surface area contributed by atoms with Crippen LogP contribution in [0.15, 0.2) is 0 Å². The summed E-state index contributed by atoms with van der Waals surface area (Å²) in [4.78, 5) is 11.2. The summed E-state index contributed by atoms with van der Waals surface area (Å²) in [5.74, 6) is 0.139. The number of carbonyl (C=O) groups is 1. The molecule has 1 aliphatic rings. The largest absolute Gasteiger partial charge is 0.447 e. The van der Waals surface area contributed by atoms with Crippen LogP contribution in [0.25, 0.3) is 0 Å². The molecule has 1 rings (SSSR count). The maximum absolute atomic E-state index is 11.2. The molecule has 88 valence electrons. The van der Waals surface area contributed by atoms with Crippen LogP contribution in [0.5, 0.6) is 0 Å². The summed E-state index contributed by atoms with van der Waals surface area (Å²) in [5, 5.41) is 20.3. The monoisotopic (exact) mass is 217 g/mol. The van der Waals surface area contributed by atoms with Crippen molar-refractivity contribution in [2.75, 3.05) is 19.8 Å². The number of nitrogens with one attached hydrogen (secondary N) is 1. The van der Waals surface area contributed by atoms with Crippen LogP contribution in [-0.4, -0.2) is 42.2 Å². The van der Waals surface area contributed by atoms with Crippen molar-refractivity contribution >= 4 is 6.09 Å². The zero-order valence-corrected chi connectivity index (χ0v) is 8.82. The Kier molecular flexibility index (Phi) is 5.42. The lowest BCUT2D eigenvalue weighted by molar-refractivity contribution is 0.102. The molecule has 0 heterocycles. The van der Waals surface area contributed by atoms with Gasteiger partial charge in [-0.05, 0) is 12.8 Å². The van der Waals surface area contributed by atoms with Gasteiger partial charge in [-0.1, -0.05) is 12.8 Å². The van der Waals surface area contributed by atoms with Crippen molar-refractivity contribution in [1.82, 2.24) is 5.32 Å². The second-order valence-electron chi connectivity index (χ2n) is 3.84. The third-order valence-electron chi connectivity index (χ3n) is 2.77. The minimum absolute atomic E-state index is 0.00921. The maximum Gasteiger partial charge on any atom is 0.407 e. The predicted molar refractivity (Wildman–Crippen MR) is 54.4 cm³/mol. The first-order valence-corrected chi connectivity index (χ1v) is 5.43. The summed E-state index contributed by atoms with van der Waals surface area (Å²) in [5.41, 5.74) is 0. The van der Waals surface area contributed by atoms with Gasteiger partial charge in [-0.2, -0.15) is 0 Å². The minimum Gasteiger partial charge on any atom is -0.447 e. The topological polar surface area (TPSA) is 78.8 Å². The van der Waals surface area contributed by atoms with E-state index in [-0.39, 0.29) is 31.8 Å². The van der Waals surface area contributed by atoms with E-state index in [9.17, 15) is 4.79 Å². The van der Waals surface area contributed by atoms with Crippen LogP contribution < -0.4 is 5.32 Å². The average Bonchev–Trinajstić information content (AvgIpc) is 2.27. The van der Waals surface area contributed by atoms with Gasteiger partial charge in [-0.25, -0.2) is 4.79 Å². The van der Waals surface area contributed by atoms with Crippen molar-refractivity contribution in [2.24, 2.45) is 5.92 Å². The molecule has 0 aromatic carbocycles. The fourth-order valence-corrected chi connectivity index (χ4v) is 1.95. The van der Waals surface area contributed by atoms with Crippen LogP contribution in [0, 0.1) is 5.92 Å². The fraction of sp³-hybridized carbons (Fsp3) is 0.900. The highest BCUT2D eigenvalue weighted by Gasteiger charge is 2.26. The molecule has 3 N–H and O–H groups in total. The molecule has 5 nitrogen and oxygen atoms in total. The zero-order chi connectivity index (χ0) is 11.1. The second kappa shape index (κ2) is 6.63. The molecule has 0 radical (unpaired) electrons. The number of aliphatic hydroxyl groups excluding tert-OH is 2. The maximum atomic E-state index is 11.2. The molecule has 0 saturated heterocycles. The summed E-state index contributed by atoms with van der Waals surface area (Å²) < 4.78 is 4.71. The van der Waals surface area contributed by atoms with E-state index in [0.29, 0.717) is 0 Å². The van der Waals surface area contributed by atoms with E-state index < -0.39 is 6.09 Å². The van der Waals surface area contributed by atoms with E-state index in [0.717, 1.165) is 25.7 Å². The number of alkyl carbamates (subject to hydrolysis) is 1. The smallest absolute Gasteiger partial charge is 0.407 e. The molecule has 0 bridgehead atoms. The Morgan fingerprint density at radius 2 is 2.07 bits per heavy atom. The van der Waals surface area contributed by atoms with E-state index in [4.69, 9.17) is 14.9 Å². The Hall–Kier alpha value is -0.810. The van der Waals surface area contributed by atoms with Gasteiger partial charge in [-0.3, -0.25) is 0 Å². The Morgan fingerprint density at radius 1 is 1.33 bits per heavy atom. The van der Waals surface area contributed by atoms with Crippen molar-refractivity contribution in [3.05, 3.63) is 0 Å². The van der Waals surface area contributed by atoms with Crippen molar-refractivity contribution in [3.63, 3.8) is 0 Å². The number of aliphatic hydroxyl groups is 2. The van der Waals surface area contributed by atoms with E-state index in [1.165, 1.54) is 0 Å². The molecular formula is C10H19NO4. The molecular weight excluding hydrogens is 198 g/mol. The molecule has 0 aromatic rings. The number of rotatable bonds is 4. The van der Waals surface area contributed by atoms with E-state index >= 15 is 0 Å². The molecule has 2 unspecified atom stereocenters. The standard InChI is InChI=1S/C10H19NO4/c12-5-6-15-10(14)11-9-4-2-1-3-8(9)7-13/h8-9,12-13H,1-7H2,(H,11,14). The molecule has 1 aliphatic carbocycles. The molecule has 1 amide bonds. The first-order chi connectivity index (χ1) is 7.27. The van der Waals surface area contributed by atoms with Gasteiger partial charge in [0.15, 0.2) is 0 Å². The van der Waals surface area contributed by atoms with Gasteiger partial charge < -0.3 is 20.3 Å². The predicted octanol–water partition coefficient (Wildman–Crippen LogP) is 0.256. The fourth-order valence-electron chi connectivity index (χ4n) is 1.95. The SMILES string of the molecule is O=C(NC1CCCCC1CO)OCCO. The second-order valence-corrected chi connectivity index (χ2v) is 3.84. The number of ether oxygens (including phenoxy) is 1. The number of amides is 1. The molecule has 1 saturated carbocycles. The van der Waals surface area contributed by atoms with Crippen molar-refractivity contribution in [3.8, 4) is 0 Å². The summed E-state index contributed by atoms with van der Waals surface area (Å²) in [7, 11) is 0. The first-order valence-electron chi connectivity index (χ1n) is 5.43. The molecule has 0 spiro atoms. The van der Waals surface area contributed by atoms with Crippen LogP contribution in [0.3, 0.4) is 0 Å². The third-order valence-corrected chi connectivity index (χ3v) is 2.77. The number of hydrogen-bond donors (Lipinski definition) is 3. The Morgan fingerprint density at radius 3 is 2.73 bits per heavy atom. The highest BCUT2D eigenvalue weighted by molar-refractivity contribution is 5.67. The summed E-state index contributed by atoms with van der Waals surface area (Å²) >= 11 is 0. The average molecular weight is 217 g/mol. The van der Waals surface area contributed by atoms with Crippen LogP contribution in [0.2, 0.25) is 0 Å². The molecule has 0 aliphatic heterocycles.